The van der Waals surface area contributed by atoms with E-state index in [-0.39, 0.29) is 0 Å². The van der Waals surface area contributed by atoms with Crippen molar-refractivity contribution in [3.05, 3.63) is 72.8 Å². The van der Waals surface area contributed by atoms with Gasteiger partial charge in [-0.05, 0) is 42.8 Å². The fourth-order valence-corrected chi connectivity index (χ4v) is 3.29. The van der Waals surface area contributed by atoms with Crippen molar-refractivity contribution in [2.24, 2.45) is 0 Å². The van der Waals surface area contributed by atoms with Crippen molar-refractivity contribution in [3.63, 3.8) is 0 Å². The van der Waals surface area contributed by atoms with E-state index in [1.165, 1.54) is 0 Å². The van der Waals surface area contributed by atoms with E-state index in [0.717, 1.165) is 32.5 Å². The Morgan fingerprint density at radius 2 is 1.88 bits per heavy atom. The number of rotatable bonds is 4. The predicted molar refractivity (Wildman–Crippen MR) is 101 cm³/mol. The summed E-state index contributed by atoms with van der Waals surface area (Å²) >= 11 is 1.62. The van der Waals surface area contributed by atoms with Gasteiger partial charge in [0.25, 0.3) is 0 Å². The van der Waals surface area contributed by atoms with Crippen molar-refractivity contribution in [1.82, 2.24) is 19.9 Å². The zero-order valence-corrected chi connectivity index (χ0v) is 14.4. The molecule has 0 saturated heterocycles. The number of aryl methyl sites for hydroxylation is 1. The number of benzene rings is 1. The van der Waals surface area contributed by atoms with Crippen LogP contribution in [0.2, 0.25) is 0 Å². The van der Waals surface area contributed by atoms with E-state index in [9.17, 15) is 0 Å². The molecule has 0 atom stereocenters. The van der Waals surface area contributed by atoms with E-state index in [4.69, 9.17) is 0 Å². The summed E-state index contributed by atoms with van der Waals surface area (Å²) in [5.74, 6) is 0.593. The van der Waals surface area contributed by atoms with E-state index in [2.05, 4.69) is 37.4 Å². The molecule has 0 radical (unpaired) electrons. The van der Waals surface area contributed by atoms with Crippen molar-refractivity contribution in [1.29, 1.82) is 0 Å². The second-order valence-electron chi connectivity index (χ2n) is 5.47. The van der Waals surface area contributed by atoms with Crippen LogP contribution in [-0.4, -0.2) is 19.9 Å². The van der Waals surface area contributed by atoms with Crippen molar-refractivity contribution >= 4 is 23.0 Å². The predicted octanol–water partition coefficient (Wildman–Crippen LogP) is 4.71. The Morgan fingerprint density at radius 1 is 0.920 bits per heavy atom. The molecule has 0 aliphatic rings. The van der Waals surface area contributed by atoms with E-state index in [1.807, 2.05) is 49.5 Å². The molecule has 3 aromatic heterocycles. The minimum Gasteiger partial charge on any atom is -0.324 e. The standard InChI is InChI=1S/C19H15N5S/c1-13-8-10-21-19(23-13)24-15-6-4-5-14(11-15)17-12-22-18(25-17)16-7-2-3-9-20-16/h2-12H,1H3,(H,21,23,24). The molecule has 1 aromatic carbocycles. The number of anilines is 2. The van der Waals surface area contributed by atoms with Crippen LogP contribution in [0, 0.1) is 6.92 Å². The number of thiazole rings is 1. The smallest absolute Gasteiger partial charge is 0.227 e. The van der Waals surface area contributed by atoms with Crippen LogP contribution >= 0.6 is 11.3 Å². The van der Waals surface area contributed by atoms with Crippen LogP contribution in [0.4, 0.5) is 11.6 Å². The Hall–Kier alpha value is -3.12. The molecule has 0 amide bonds. The largest absolute Gasteiger partial charge is 0.324 e. The van der Waals surface area contributed by atoms with Crippen molar-refractivity contribution < 1.29 is 0 Å². The third-order valence-electron chi connectivity index (χ3n) is 3.59. The van der Waals surface area contributed by atoms with Gasteiger partial charge in [-0.2, -0.15) is 0 Å². The first-order chi connectivity index (χ1) is 12.3. The minimum atomic E-state index is 0.593. The summed E-state index contributed by atoms with van der Waals surface area (Å²) in [5, 5.41) is 4.16. The van der Waals surface area contributed by atoms with Crippen molar-refractivity contribution in [3.8, 4) is 21.1 Å². The maximum absolute atomic E-state index is 4.50. The van der Waals surface area contributed by atoms with Gasteiger partial charge in [0.2, 0.25) is 5.95 Å². The fourth-order valence-electron chi connectivity index (χ4n) is 2.40. The lowest BCUT2D eigenvalue weighted by atomic mass is 10.2. The average Bonchev–Trinajstić information content (AvgIpc) is 3.13. The zero-order valence-electron chi connectivity index (χ0n) is 13.5. The van der Waals surface area contributed by atoms with Gasteiger partial charge in [0, 0.05) is 30.0 Å². The van der Waals surface area contributed by atoms with Crippen LogP contribution in [0.25, 0.3) is 21.1 Å². The number of hydrogen-bond acceptors (Lipinski definition) is 6. The molecule has 0 aliphatic heterocycles. The van der Waals surface area contributed by atoms with Gasteiger partial charge < -0.3 is 5.32 Å². The summed E-state index contributed by atoms with van der Waals surface area (Å²) in [6, 6.07) is 15.9. The van der Waals surface area contributed by atoms with E-state index in [1.54, 1.807) is 23.7 Å². The second-order valence-corrected chi connectivity index (χ2v) is 6.50. The summed E-state index contributed by atoms with van der Waals surface area (Å²) in [6.45, 7) is 1.94. The lowest BCUT2D eigenvalue weighted by molar-refractivity contribution is 1.11. The van der Waals surface area contributed by atoms with Gasteiger partial charge in [-0.15, -0.1) is 11.3 Å². The number of pyridine rings is 1. The third-order valence-corrected chi connectivity index (χ3v) is 4.66. The normalized spacial score (nSPS) is 10.6. The summed E-state index contributed by atoms with van der Waals surface area (Å²) in [6.07, 6.45) is 5.41. The third kappa shape index (κ3) is 3.54. The molecule has 25 heavy (non-hydrogen) atoms. The van der Waals surface area contributed by atoms with Gasteiger partial charge in [-0.1, -0.05) is 18.2 Å². The highest BCUT2D eigenvalue weighted by molar-refractivity contribution is 7.18. The monoisotopic (exact) mass is 345 g/mol. The first-order valence-electron chi connectivity index (χ1n) is 7.82. The molecule has 0 aliphatic carbocycles. The van der Waals surface area contributed by atoms with E-state index in [0.29, 0.717) is 5.95 Å². The van der Waals surface area contributed by atoms with Crippen molar-refractivity contribution in [2.45, 2.75) is 6.92 Å². The van der Waals surface area contributed by atoms with Gasteiger partial charge >= 0.3 is 0 Å². The maximum atomic E-state index is 4.50. The summed E-state index contributed by atoms with van der Waals surface area (Å²) < 4.78 is 0. The summed E-state index contributed by atoms with van der Waals surface area (Å²) in [7, 11) is 0. The summed E-state index contributed by atoms with van der Waals surface area (Å²) in [4.78, 5) is 18.6. The molecule has 4 rings (SSSR count). The zero-order chi connectivity index (χ0) is 17.1. The maximum Gasteiger partial charge on any atom is 0.227 e. The quantitative estimate of drug-likeness (QED) is 0.580. The molecule has 0 unspecified atom stereocenters. The lowest BCUT2D eigenvalue weighted by Gasteiger charge is -2.06. The second kappa shape index (κ2) is 6.78. The molecule has 6 heteroatoms. The lowest BCUT2D eigenvalue weighted by Crippen LogP contribution is -1.97. The Labute approximate surface area is 149 Å². The number of nitrogens with one attached hydrogen (secondary N) is 1. The molecule has 4 aromatic rings. The molecule has 0 fully saturated rings. The SMILES string of the molecule is Cc1ccnc(Nc2cccc(-c3cnc(-c4ccccn4)s3)c2)n1. The first-order valence-corrected chi connectivity index (χ1v) is 8.64. The van der Waals surface area contributed by atoms with Crippen LogP contribution in [0.5, 0.6) is 0 Å². The summed E-state index contributed by atoms with van der Waals surface area (Å²) in [5.41, 5.74) is 3.85. The molecule has 3 heterocycles. The van der Waals surface area contributed by atoms with Crippen LogP contribution in [-0.2, 0) is 0 Å². The van der Waals surface area contributed by atoms with Crippen LogP contribution in [0.3, 0.4) is 0 Å². The van der Waals surface area contributed by atoms with E-state index < -0.39 is 0 Å². The van der Waals surface area contributed by atoms with Crippen molar-refractivity contribution in [2.75, 3.05) is 5.32 Å². The van der Waals surface area contributed by atoms with Gasteiger partial charge in [0.15, 0.2) is 0 Å². The van der Waals surface area contributed by atoms with Crippen LogP contribution < -0.4 is 5.32 Å². The molecule has 5 nitrogen and oxygen atoms in total. The van der Waals surface area contributed by atoms with Gasteiger partial charge in [-0.3, -0.25) is 4.98 Å². The highest BCUT2D eigenvalue weighted by atomic mass is 32.1. The molecular formula is C19H15N5S. The van der Waals surface area contributed by atoms with Gasteiger partial charge in [0.05, 0.1) is 10.6 Å². The first kappa shape index (κ1) is 15.4. The highest BCUT2D eigenvalue weighted by Crippen LogP contribution is 2.32. The van der Waals surface area contributed by atoms with E-state index >= 15 is 0 Å². The highest BCUT2D eigenvalue weighted by Gasteiger charge is 2.08. The Kier molecular flexibility index (Phi) is 4.18. The molecule has 0 spiro atoms. The number of hydrogen-bond donors (Lipinski definition) is 1. The molecule has 0 bridgehead atoms. The molecule has 1 N–H and O–H groups in total. The minimum absolute atomic E-state index is 0.593. The Morgan fingerprint density at radius 3 is 2.72 bits per heavy atom. The molecule has 0 saturated carbocycles. The topological polar surface area (TPSA) is 63.6 Å². The van der Waals surface area contributed by atoms with Crippen LogP contribution in [0.15, 0.2) is 67.1 Å². The van der Waals surface area contributed by atoms with Crippen LogP contribution in [0.1, 0.15) is 5.69 Å². The average molecular weight is 345 g/mol. The number of aromatic nitrogens is 4. The van der Waals surface area contributed by atoms with Gasteiger partial charge in [0.1, 0.15) is 5.01 Å². The number of nitrogens with zero attached hydrogens (tertiary/aromatic N) is 4. The Bertz CT molecular complexity index is 997. The molecular weight excluding hydrogens is 330 g/mol. The fraction of sp³-hybridized carbons (Fsp3) is 0.0526. The van der Waals surface area contributed by atoms with Gasteiger partial charge in [-0.25, -0.2) is 15.0 Å². The Balaban J connectivity index is 1.60. The molecule has 122 valence electrons.